The Morgan fingerprint density at radius 1 is 1.44 bits per heavy atom. The molecular formula is C9H15N3O2S2. The molecule has 90 valence electrons. The molecule has 1 aromatic rings. The van der Waals surface area contributed by atoms with Crippen molar-refractivity contribution in [3.05, 3.63) is 0 Å². The Kier molecular flexibility index (Phi) is 4.83. The molecule has 2 N–H and O–H groups in total. The number of nitrogens with zero attached hydrogens (tertiary/aromatic N) is 2. The monoisotopic (exact) mass is 261 g/mol. The molecule has 1 fully saturated rings. The summed E-state index contributed by atoms with van der Waals surface area (Å²) in [5.41, 5.74) is 0. The number of hydrogen-bond donors (Lipinski definition) is 2. The van der Waals surface area contributed by atoms with Crippen molar-refractivity contribution in [1.29, 1.82) is 0 Å². The molecule has 1 aromatic heterocycles. The highest BCUT2D eigenvalue weighted by Gasteiger charge is 2.22. The van der Waals surface area contributed by atoms with Crippen molar-refractivity contribution in [2.75, 3.05) is 30.9 Å². The van der Waals surface area contributed by atoms with Crippen molar-refractivity contribution in [3.8, 4) is 0 Å². The van der Waals surface area contributed by atoms with Gasteiger partial charge in [-0.15, -0.1) is 10.2 Å². The van der Waals surface area contributed by atoms with E-state index in [2.05, 4.69) is 15.5 Å². The summed E-state index contributed by atoms with van der Waals surface area (Å²) >= 11 is 3.23. The van der Waals surface area contributed by atoms with Gasteiger partial charge in [-0.1, -0.05) is 23.1 Å². The molecule has 0 bridgehead atoms. The number of hydrogen-bond acceptors (Lipinski definition) is 7. The molecule has 1 aliphatic rings. The molecule has 1 saturated carbocycles. The first kappa shape index (κ1) is 12.1. The molecule has 0 atom stereocenters. The van der Waals surface area contributed by atoms with Gasteiger partial charge in [-0.2, -0.15) is 0 Å². The summed E-state index contributed by atoms with van der Waals surface area (Å²) in [6, 6.07) is 0.624. The lowest BCUT2D eigenvalue weighted by Crippen LogP contribution is -2.02. The fourth-order valence-corrected chi connectivity index (χ4v) is 2.83. The van der Waals surface area contributed by atoms with Crippen molar-refractivity contribution in [2.45, 2.75) is 23.2 Å². The second-order valence-corrected chi connectivity index (χ2v) is 5.80. The van der Waals surface area contributed by atoms with Crippen LogP contribution >= 0.6 is 23.1 Å². The summed E-state index contributed by atoms with van der Waals surface area (Å²) in [6.07, 6.45) is 2.49. The predicted molar refractivity (Wildman–Crippen MR) is 65.2 cm³/mol. The van der Waals surface area contributed by atoms with Gasteiger partial charge >= 0.3 is 0 Å². The quantitative estimate of drug-likeness (QED) is 0.541. The van der Waals surface area contributed by atoms with E-state index in [0.29, 0.717) is 19.3 Å². The first-order valence-electron chi connectivity index (χ1n) is 5.30. The van der Waals surface area contributed by atoms with Crippen LogP contribution in [0.2, 0.25) is 0 Å². The second kappa shape index (κ2) is 6.39. The second-order valence-electron chi connectivity index (χ2n) is 3.48. The summed E-state index contributed by atoms with van der Waals surface area (Å²) in [7, 11) is 0. The van der Waals surface area contributed by atoms with E-state index in [1.807, 2.05) is 0 Å². The maximum atomic E-state index is 8.52. The summed E-state index contributed by atoms with van der Waals surface area (Å²) in [6.45, 7) is 1.13. The average Bonchev–Trinajstić information content (AvgIpc) is 2.98. The number of ether oxygens (including phenoxy) is 1. The normalized spacial score (nSPS) is 15.3. The standard InChI is InChI=1S/C9H15N3O2S2/c13-3-4-14-5-6-15-9-12-11-8(16-9)10-7-1-2-7/h7,13H,1-6H2,(H,10,11). The number of aliphatic hydroxyl groups excluding tert-OH is 1. The molecule has 16 heavy (non-hydrogen) atoms. The molecule has 0 amide bonds. The molecule has 0 unspecified atom stereocenters. The minimum absolute atomic E-state index is 0.0823. The van der Waals surface area contributed by atoms with Crippen molar-refractivity contribution < 1.29 is 9.84 Å². The zero-order valence-electron chi connectivity index (χ0n) is 8.89. The molecule has 5 nitrogen and oxygen atoms in total. The molecule has 2 rings (SSSR count). The topological polar surface area (TPSA) is 67.3 Å². The molecule has 0 saturated heterocycles. The lowest BCUT2D eigenvalue weighted by atomic mass is 10.7. The summed E-state index contributed by atoms with van der Waals surface area (Å²) in [5, 5.41) is 20.9. The molecule has 0 radical (unpaired) electrons. The van der Waals surface area contributed by atoms with E-state index in [0.717, 1.165) is 15.2 Å². The molecule has 0 aromatic carbocycles. The molecule has 7 heteroatoms. The molecule has 0 aliphatic heterocycles. The summed E-state index contributed by atoms with van der Waals surface area (Å²) in [5.74, 6) is 0.845. The highest BCUT2D eigenvalue weighted by Crippen LogP contribution is 2.29. The van der Waals surface area contributed by atoms with Gasteiger partial charge in [0.25, 0.3) is 0 Å². The van der Waals surface area contributed by atoms with Gasteiger partial charge in [0.05, 0.1) is 19.8 Å². The highest BCUT2D eigenvalue weighted by atomic mass is 32.2. The molecule has 1 aliphatic carbocycles. The SMILES string of the molecule is OCCOCCSc1nnc(NC2CC2)s1. The van der Waals surface area contributed by atoms with E-state index in [-0.39, 0.29) is 6.61 Å². The molecular weight excluding hydrogens is 246 g/mol. The van der Waals surface area contributed by atoms with Gasteiger partial charge < -0.3 is 15.2 Å². The van der Waals surface area contributed by atoms with E-state index in [1.165, 1.54) is 12.8 Å². The van der Waals surface area contributed by atoms with Crippen LogP contribution in [0.5, 0.6) is 0 Å². The van der Waals surface area contributed by atoms with Crippen molar-refractivity contribution in [2.24, 2.45) is 0 Å². The van der Waals surface area contributed by atoms with Gasteiger partial charge in [0, 0.05) is 11.8 Å². The van der Waals surface area contributed by atoms with Gasteiger partial charge in [-0.25, -0.2) is 0 Å². The number of anilines is 1. The van der Waals surface area contributed by atoms with Crippen LogP contribution in [0.25, 0.3) is 0 Å². The molecule has 1 heterocycles. The zero-order valence-corrected chi connectivity index (χ0v) is 10.5. The Labute approximate surface area is 103 Å². The number of rotatable bonds is 8. The first-order chi connectivity index (χ1) is 7.88. The van der Waals surface area contributed by atoms with Crippen LogP contribution in [-0.2, 0) is 4.74 Å². The van der Waals surface area contributed by atoms with E-state index in [4.69, 9.17) is 9.84 Å². The first-order valence-corrected chi connectivity index (χ1v) is 7.10. The van der Waals surface area contributed by atoms with Crippen LogP contribution in [0, 0.1) is 0 Å². The summed E-state index contributed by atoms with van der Waals surface area (Å²) in [4.78, 5) is 0. The Balaban J connectivity index is 1.62. The maximum absolute atomic E-state index is 8.52. The maximum Gasteiger partial charge on any atom is 0.206 e. The minimum Gasteiger partial charge on any atom is -0.394 e. The van der Waals surface area contributed by atoms with E-state index in [1.54, 1.807) is 23.1 Å². The Morgan fingerprint density at radius 2 is 2.31 bits per heavy atom. The third-order valence-electron chi connectivity index (χ3n) is 2.00. The molecule has 0 spiro atoms. The highest BCUT2D eigenvalue weighted by molar-refractivity contribution is 8.01. The van der Waals surface area contributed by atoms with E-state index in [9.17, 15) is 0 Å². The average molecular weight is 261 g/mol. The Morgan fingerprint density at radius 3 is 3.06 bits per heavy atom. The fraction of sp³-hybridized carbons (Fsp3) is 0.778. The van der Waals surface area contributed by atoms with Crippen molar-refractivity contribution in [1.82, 2.24) is 10.2 Å². The smallest absolute Gasteiger partial charge is 0.206 e. The Hall–Kier alpha value is -0.370. The number of aromatic nitrogens is 2. The van der Waals surface area contributed by atoms with Crippen LogP contribution in [0.15, 0.2) is 4.34 Å². The summed E-state index contributed by atoms with van der Waals surface area (Å²) < 4.78 is 6.12. The van der Waals surface area contributed by atoms with Crippen LogP contribution in [0.3, 0.4) is 0 Å². The third kappa shape index (κ3) is 4.25. The van der Waals surface area contributed by atoms with Crippen molar-refractivity contribution in [3.63, 3.8) is 0 Å². The van der Waals surface area contributed by atoms with Crippen molar-refractivity contribution >= 4 is 28.2 Å². The Bertz CT molecular complexity index is 317. The van der Waals surface area contributed by atoms with Gasteiger partial charge in [-0.3, -0.25) is 0 Å². The number of thioether (sulfide) groups is 1. The lowest BCUT2D eigenvalue weighted by molar-refractivity contribution is 0.103. The van der Waals surface area contributed by atoms with Crippen LogP contribution in [0.1, 0.15) is 12.8 Å². The van der Waals surface area contributed by atoms with Gasteiger partial charge in [0.1, 0.15) is 0 Å². The van der Waals surface area contributed by atoms with Gasteiger partial charge in [0.15, 0.2) is 4.34 Å². The zero-order chi connectivity index (χ0) is 11.2. The number of aliphatic hydroxyl groups is 1. The van der Waals surface area contributed by atoms with Gasteiger partial charge in [0.2, 0.25) is 5.13 Å². The lowest BCUT2D eigenvalue weighted by Gasteiger charge is -1.99. The fourth-order valence-electron chi connectivity index (χ4n) is 1.08. The third-order valence-corrected chi connectivity index (χ3v) is 3.95. The number of nitrogens with one attached hydrogen (secondary N) is 1. The van der Waals surface area contributed by atoms with Crippen LogP contribution in [0.4, 0.5) is 5.13 Å². The van der Waals surface area contributed by atoms with Gasteiger partial charge in [-0.05, 0) is 12.8 Å². The van der Waals surface area contributed by atoms with E-state index >= 15 is 0 Å². The predicted octanol–water partition coefficient (Wildman–Crippen LogP) is 1.21. The van der Waals surface area contributed by atoms with Crippen LogP contribution in [-0.4, -0.2) is 46.9 Å². The minimum atomic E-state index is 0.0823. The van der Waals surface area contributed by atoms with Crippen LogP contribution < -0.4 is 5.32 Å². The van der Waals surface area contributed by atoms with E-state index < -0.39 is 0 Å². The largest absolute Gasteiger partial charge is 0.394 e.